The highest BCUT2D eigenvalue weighted by Crippen LogP contribution is 2.28. The van der Waals surface area contributed by atoms with Crippen LogP contribution in [0.1, 0.15) is 21.5 Å². The molecule has 1 fully saturated rings. The highest BCUT2D eigenvalue weighted by molar-refractivity contribution is 7.89. The lowest BCUT2D eigenvalue weighted by Crippen LogP contribution is -2.37. The van der Waals surface area contributed by atoms with Gasteiger partial charge in [-0.25, -0.2) is 17.5 Å². The SMILES string of the molecule is CN(C)S(=O)(=O)c1ccc(N2CCOCC2)c(C(=O)OCc2cn3ccccc3c2C#N)c1. The molecular formula is C23H24N4O5S. The van der Waals surface area contributed by atoms with Crippen LogP contribution in [0.15, 0.2) is 53.7 Å². The molecule has 1 aliphatic heterocycles. The first-order valence-corrected chi connectivity index (χ1v) is 11.8. The van der Waals surface area contributed by atoms with Crippen LogP contribution in [0.3, 0.4) is 0 Å². The number of carbonyl (C=O) groups excluding carboxylic acids is 1. The van der Waals surface area contributed by atoms with Crippen molar-refractivity contribution in [3.8, 4) is 6.07 Å². The molecule has 33 heavy (non-hydrogen) atoms. The normalized spacial score (nSPS) is 14.4. The van der Waals surface area contributed by atoms with Gasteiger partial charge >= 0.3 is 5.97 Å². The number of anilines is 1. The highest BCUT2D eigenvalue weighted by Gasteiger charge is 2.25. The van der Waals surface area contributed by atoms with E-state index in [4.69, 9.17) is 9.47 Å². The molecule has 0 aliphatic carbocycles. The molecule has 0 N–H and O–H groups in total. The maximum atomic E-state index is 13.2. The molecule has 1 aromatic carbocycles. The molecule has 1 saturated heterocycles. The Balaban J connectivity index is 1.67. The Labute approximate surface area is 192 Å². The minimum atomic E-state index is -3.74. The fourth-order valence-electron chi connectivity index (χ4n) is 3.77. The van der Waals surface area contributed by atoms with Crippen molar-refractivity contribution in [2.75, 3.05) is 45.3 Å². The zero-order valence-corrected chi connectivity index (χ0v) is 19.2. The lowest BCUT2D eigenvalue weighted by Gasteiger charge is -2.30. The zero-order valence-electron chi connectivity index (χ0n) is 18.4. The molecule has 1 aliphatic rings. The predicted molar refractivity (Wildman–Crippen MR) is 122 cm³/mol. The van der Waals surface area contributed by atoms with E-state index in [1.165, 1.54) is 26.2 Å². The molecule has 0 radical (unpaired) electrons. The Morgan fingerprint density at radius 1 is 1.21 bits per heavy atom. The number of esters is 1. The van der Waals surface area contributed by atoms with Crippen molar-refractivity contribution in [3.63, 3.8) is 0 Å². The van der Waals surface area contributed by atoms with Crippen molar-refractivity contribution in [3.05, 3.63) is 65.5 Å². The summed E-state index contributed by atoms with van der Waals surface area (Å²) in [6.07, 6.45) is 3.56. The fourth-order valence-corrected chi connectivity index (χ4v) is 4.70. The number of carbonyl (C=O) groups is 1. The molecule has 0 atom stereocenters. The molecule has 10 heteroatoms. The minimum absolute atomic E-state index is 0.00350. The largest absolute Gasteiger partial charge is 0.457 e. The fraction of sp³-hybridized carbons (Fsp3) is 0.304. The Bertz CT molecular complexity index is 1330. The first kappa shape index (κ1) is 22.8. The topological polar surface area (TPSA) is 104 Å². The van der Waals surface area contributed by atoms with Gasteiger partial charge in [0.1, 0.15) is 12.7 Å². The number of benzene rings is 1. The summed E-state index contributed by atoms with van der Waals surface area (Å²) in [5.74, 6) is -0.661. The van der Waals surface area contributed by atoms with E-state index in [0.29, 0.717) is 43.1 Å². The third-order valence-electron chi connectivity index (χ3n) is 5.55. The van der Waals surface area contributed by atoms with E-state index in [0.717, 1.165) is 9.82 Å². The summed E-state index contributed by atoms with van der Waals surface area (Å²) in [4.78, 5) is 15.1. The number of nitrogens with zero attached hydrogens (tertiary/aromatic N) is 4. The summed E-state index contributed by atoms with van der Waals surface area (Å²) in [7, 11) is -0.870. The van der Waals surface area contributed by atoms with Crippen molar-refractivity contribution in [2.24, 2.45) is 0 Å². The van der Waals surface area contributed by atoms with Crippen LogP contribution >= 0.6 is 0 Å². The first-order chi connectivity index (χ1) is 15.8. The Kier molecular flexibility index (Phi) is 6.37. The summed E-state index contributed by atoms with van der Waals surface area (Å²) in [6.45, 7) is 2.05. The maximum absolute atomic E-state index is 13.2. The number of ether oxygens (including phenoxy) is 2. The van der Waals surface area contributed by atoms with E-state index in [2.05, 4.69) is 6.07 Å². The van der Waals surface area contributed by atoms with Crippen LogP contribution in [-0.2, 0) is 26.1 Å². The molecule has 3 heterocycles. The maximum Gasteiger partial charge on any atom is 0.340 e. The summed E-state index contributed by atoms with van der Waals surface area (Å²) < 4.78 is 39.2. The Morgan fingerprint density at radius 2 is 1.97 bits per heavy atom. The quantitative estimate of drug-likeness (QED) is 0.511. The number of morpholine rings is 1. The van der Waals surface area contributed by atoms with Crippen LogP contribution in [0.5, 0.6) is 0 Å². The second kappa shape index (κ2) is 9.23. The second-order valence-electron chi connectivity index (χ2n) is 7.78. The number of pyridine rings is 1. The van der Waals surface area contributed by atoms with Gasteiger partial charge in [0, 0.05) is 45.1 Å². The van der Waals surface area contributed by atoms with Gasteiger partial charge in [-0.2, -0.15) is 5.26 Å². The van der Waals surface area contributed by atoms with Crippen LogP contribution in [-0.4, -0.2) is 63.5 Å². The van der Waals surface area contributed by atoms with Gasteiger partial charge in [0.2, 0.25) is 10.0 Å². The van der Waals surface area contributed by atoms with E-state index < -0.39 is 16.0 Å². The van der Waals surface area contributed by atoms with Gasteiger partial charge in [-0.05, 0) is 30.3 Å². The lowest BCUT2D eigenvalue weighted by molar-refractivity contribution is 0.0472. The molecule has 9 nitrogen and oxygen atoms in total. The number of hydrogen-bond donors (Lipinski definition) is 0. The van der Waals surface area contributed by atoms with E-state index in [-0.39, 0.29) is 17.1 Å². The van der Waals surface area contributed by atoms with Gasteiger partial charge in [-0.15, -0.1) is 0 Å². The number of sulfonamides is 1. The van der Waals surface area contributed by atoms with E-state index >= 15 is 0 Å². The van der Waals surface area contributed by atoms with E-state index in [1.807, 2.05) is 29.3 Å². The molecule has 0 saturated carbocycles. The molecule has 0 bridgehead atoms. The molecule has 3 aromatic rings. The van der Waals surface area contributed by atoms with E-state index in [9.17, 15) is 18.5 Å². The molecule has 172 valence electrons. The Morgan fingerprint density at radius 3 is 2.67 bits per heavy atom. The number of nitriles is 1. The number of hydrogen-bond acceptors (Lipinski definition) is 7. The summed E-state index contributed by atoms with van der Waals surface area (Å²) in [5, 5.41) is 9.59. The highest BCUT2D eigenvalue weighted by atomic mass is 32.2. The average molecular weight is 469 g/mol. The summed E-state index contributed by atoms with van der Waals surface area (Å²) in [5.41, 5.74) is 2.47. The smallest absolute Gasteiger partial charge is 0.340 e. The molecule has 0 unspecified atom stereocenters. The van der Waals surface area contributed by atoms with Crippen LogP contribution < -0.4 is 4.90 Å². The minimum Gasteiger partial charge on any atom is -0.457 e. The molecule has 4 rings (SSSR count). The van der Waals surface area contributed by atoms with Gasteiger partial charge < -0.3 is 18.8 Å². The van der Waals surface area contributed by atoms with Gasteiger partial charge in [0.15, 0.2) is 0 Å². The molecule has 2 aromatic heterocycles. The van der Waals surface area contributed by atoms with Gasteiger partial charge in [0.05, 0.1) is 40.4 Å². The number of rotatable bonds is 6. The van der Waals surface area contributed by atoms with Crippen LogP contribution in [0.25, 0.3) is 5.52 Å². The monoisotopic (exact) mass is 468 g/mol. The van der Waals surface area contributed by atoms with Gasteiger partial charge in [-0.1, -0.05) is 6.07 Å². The molecule has 0 amide bonds. The summed E-state index contributed by atoms with van der Waals surface area (Å²) >= 11 is 0. The van der Waals surface area contributed by atoms with Crippen LogP contribution in [0.4, 0.5) is 5.69 Å². The van der Waals surface area contributed by atoms with Gasteiger partial charge in [0.25, 0.3) is 0 Å². The zero-order chi connectivity index (χ0) is 23.6. The van der Waals surface area contributed by atoms with Crippen LogP contribution in [0, 0.1) is 11.3 Å². The summed E-state index contributed by atoms with van der Waals surface area (Å²) in [6, 6.07) is 12.1. The molecular weight excluding hydrogens is 444 g/mol. The standard InChI is InChI=1S/C23H24N4O5S/c1-25(2)33(29,30)18-6-7-22(26-9-11-31-12-10-26)19(13-18)23(28)32-16-17-15-27-8-4-3-5-21(27)20(17)14-24/h3-8,13,15H,9-12,16H2,1-2H3. The lowest BCUT2D eigenvalue weighted by atomic mass is 10.1. The van der Waals surface area contributed by atoms with Crippen molar-refractivity contribution in [2.45, 2.75) is 11.5 Å². The van der Waals surface area contributed by atoms with Crippen molar-refractivity contribution < 1.29 is 22.7 Å². The number of fused-ring (bicyclic) bond motifs is 1. The van der Waals surface area contributed by atoms with Crippen LogP contribution in [0.2, 0.25) is 0 Å². The van der Waals surface area contributed by atoms with E-state index in [1.54, 1.807) is 16.7 Å². The first-order valence-electron chi connectivity index (χ1n) is 10.4. The predicted octanol–water partition coefficient (Wildman–Crippen LogP) is 2.25. The Hall–Kier alpha value is -3.39. The van der Waals surface area contributed by atoms with Crippen molar-refractivity contribution in [1.82, 2.24) is 8.71 Å². The third kappa shape index (κ3) is 4.43. The molecule has 0 spiro atoms. The van der Waals surface area contributed by atoms with Crippen molar-refractivity contribution in [1.29, 1.82) is 5.26 Å². The number of aromatic nitrogens is 1. The average Bonchev–Trinajstić information content (AvgIpc) is 3.20. The third-order valence-corrected chi connectivity index (χ3v) is 7.36. The van der Waals surface area contributed by atoms with Crippen molar-refractivity contribution >= 4 is 27.2 Å². The van der Waals surface area contributed by atoms with Gasteiger partial charge in [-0.3, -0.25) is 0 Å². The second-order valence-corrected chi connectivity index (χ2v) is 9.93.